The summed E-state index contributed by atoms with van der Waals surface area (Å²) >= 11 is 0. The number of benzene rings is 12. The molecule has 12 aromatic carbocycles. The number of allylic oxidation sites excluding steroid dienone is 3. The maximum atomic E-state index is 2.54. The average molecular weight is 956 g/mol. The predicted octanol–water partition coefficient (Wildman–Crippen LogP) is 19.4. The average Bonchev–Trinajstić information content (AvgIpc) is 4.20. The molecule has 2 heterocycles. The Morgan fingerprint density at radius 3 is 1.48 bits per heavy atom. The number of hydrogen-bond donors (Lipinski definition) is 0. The van der Waals surface area contributed by atoms with Gasteiger partial charge in [0.15, 0.2) is 0 Å². The van der Waals surface area contributed by atoms with Gasteiger partial charge >= 0.3 is 0 Å². The van der Waals surface area contributed by atoms with Crippen molar-refractivity contribution in [3.8, 4) is 16.8 Å². The largest absolute Gasteiger partial charge is 0.310 e. The van der Waals surface area contributed by atoms with Gasteiger partial charge in [0, 0.05) is 44.0 Å². The van der Waals surface area contributed by atoms with Gasteiger partial charge in [0.05, 0.1) is 39.2 Å². The molecule has 0 bridgehead atoms. The number of nitrogens with zero attached hydrogens (tertiary/aromatic N) is 3. The Kier molecular flexibility index (Phi) is 9.70. The topological polar surface area (TPSA) is 11.4 Å². The fourth-order valence-corrected chi connectivity index (χ4v) is 13.0. The van der Waals surface area contributed by atoms with Crippen molar-refractivity contribution in [2.75, 3.05) is 9.80 Å². The minimum absolute atomic E-state index is 0.734. The second-order valence-electron chi connectivity index (χ2n) is 19.9. The Bertz CT molecular complexity index is 4440. The van der Waals surface area contributed by atoms with Crippen molar-refractivity contribution in [2.45, 2.75) is 12.3 Å². The Morgan fingerprint density at radius 1 is 0.360 bits per heavy atom. The fraction of sp³-hybridized carbons (Fsp3) is 0.0278. The molecular formula is C72H49N3. The lowest BCUT2D eigenvalue weighted by atomic mass is 9.65. The Balaban J connectivity index is 1.05. The summed E-state index contributed by atoms with van der Waals surface area (Å²) in [4.78, 5) is 4.99. The van der Waals surface area contributed by atoms with Gasteiger partial charge in [-0.2, -0.15) is 0 Å². The minimum atomic E-state index is -0.734. The molecule has 0 amide bonds. The molecule has 352 valence electrons. The molecule has 15 rings (SSSR count). The third-order valence-corrected chi connectivity index (χ3v) is 16.0. The van der Waals surface area contributed by atoms with Crippen LogP contribution in [0.15, 0.2) is 273 Å². The molecule has 0 N–H and O–H groups in total. The van der Waals surface area contributed by atoms with Gasteiger partial charge < -0.3 is 14.4 Å². The highest BCUT2D eigenvalue weighted by atomic mass is 15.2. The van der Waals surface area contributed by atoms with Gasteiger partial charge in [0.2, 0.25) is 0 Å². The maximum Gasteiger partial charge on any atom is 0.0756 e. The van der Waals surface area contributed by atoms with Crippen molar-refractivity contribution in [3.63, 3.8) is 0 Å². The van der Waals surface area contributed by atoms with Crippen molar-refractivity contribution in [1.82, 2.24) is 4.57 Å². The Morgan fingerprint density at radius 2 is 0.840 bits per heavy atom. The van der Waals surface area contributed by atoms with Crippen LogP contribution in [0.4, 0.5) is 34.1 Å². The number of hydrogen-bond acceptors (Lipinski definition) is 2. The first-order valence-electron chi connectivity index (χ1n) is 26.0. The van der Waals surface area contributed by atoms with E-state index >= 15 is 0 Å². The highest BCUT2D eigenvalue weighted by molar-refractivity contribution is 6.13. The molecule has 1 unspecified atom stereocenters. The molecule has 1 spiro atoms. The first-order chi connectivity index (χ1) is 37.2. The lowest BCUT2D eigenvalue weighted by molar-refractivity contribution is 0.748. The van der Waals surface area contributed by atoms with Crippen LogP contribution in [0, 0.1) is 0 Å². The third kappa shape index (κ3) is 6.35. The molecule has 3 nitrogen and oxygen atoms in total. The SMILES string of the molecule is C/C=C\C=C/c1cccc(N(c2ccc3c(c2)C2(c4cc(N(c5cccc6ccccc56)c5cccc6ccccc56)ccc4-3)c3ccccc3-n3c4ccccc4c4cccc2c43)c2cccc3ccccc23)c1. The molecule has 3 heteroatoms. The molecule has 13 aromatic rings. The van der Waals surface area contributed by atoms with Crippen LogP contribution in [0.25, 0.3) is 77.0 Å². The summed E-state index contributed by atoms with van der Waals surface area (Å²) < 4.78 is 2.54. The van der Waals surface area contributed by atoms with E-state index in [-0.39, 0.29) is 0 Å². The molecule has 1 aromatic heterocycles. The second kappa shape index (κ2) is 16.9. The normalized spacial score (nSPS) is 14.4. The van der Waals surface area contributed by atoms with Gasteiger partial charge in [-0.25, -0.2) is 0 Å². The lowest BCUT2D eigenvalue weighted by Gasteiger charge is -2.40. The van der Waals surface area contributed by atoms with E-state index in [1.807, 2.05) is 0 Å². The van der Waals surface area contributed by atoms with Gasteiger partial charge in [-0.1, -0.05) is 212 Å². The minimum Gasteiger partial charge on any atom is -0.310 e. The lowest BCUT2D eigenvalue weighted by Crippen LogP contribution is -2.33. The number of anilines is 6. The zero-order valence-corrected chi connectivity index (χ0v) is 41.4. The van der Waals surface area contributed by atoms with Crippen LogP contribution in [-0.2, 0) is 5.41 Å². The van der Waals surface area contributed by atoms with Gasteiger partial charge in [-0.15, -0.1) is 0 Å². The van der Waals surface area contributed by atoms with Crippen molar-refractivity contribution < 1.29 is 0 Å². The van der Waals surface area contributed by atoms with Gasteiger partial charge in [-0.05, 0) is 129 Å². The number of aromatic nitrogens is 1. The number of para-hydroxylation sites is 3. The zero-order chi connectivity index (χ0) is 49.6. The van der Waals surface area contributed by atoms with E-state index in [0.29, 0.717) is 0 Å². The maximum absolute atomic E-state index is 2.54. The van der Waals surface area contributed by atoms with Crippen LogP contribution in [0.1, 0.15) is 34.7 Å². The van der Waals surface area contributed by atoms with Crippen molar-refractivity contribution in [2.24, 2.45) is 0 Å². The number of rotatable bonds is 8. The molecule has 2 aliphatic rings. The van der Waals surface area contributed by atoms with E-state index in [2.05, 4.69) is 300 Å². The van der Waals surface area contributed by atoms with Crippen molar-refractivity contribution in [3.05, 3.63) is 301 Å². The molecule has 1 aliphatic heterocycles. The summed E-state index contributed by atoms with van der Waals surface area (Å²) in [6, 6.07) is 95.2. The summed E-state index contributed by atoms with van der Waals surface area (Å²) in [7, 11) is 0. The van der Waals surface area contributed by atoms with Crippen LogP contribution in [-0.4, -0.2) is 4.57 Å². The van der Waals surface area contributed by atoms with E-state index in [0.717, 1.165) is 39.7 Å². The molecule has 0 fully saturated rings. The Hall–Kier alpha value is -9.70. The van der Waals surface area contributed by atoms with Gasteiger partial charge in [0.1, 0.15) is 0 Å². The smallest absolute Gasteiger partial charge is 0.0756 e. The third-order valence-electron chi connectivity index (χ3n) is 16.0. The van der Waals surface area contributed by atoms with E-state index in [4.69, 9.17) is 0 Å². The highest BCUT2D eigenvalue weighted by Crippen LogP contribution is 2.63. The first kappa shape index (κ1) is 42.9. The Labute approximate surface area is 436 Å². The van der Waals surface area contributed by atoms with Crippen molar-refractivity contribution in [1.29, 1.82) is 0 Å². The predicted molar refractivity (Wildman–Crippen MR) is 317 cm³/mol. The summed E-state index contributed by atoms with van der Waals surface area (Å²) in [6.45, 7) is 2.06. The number of fused-ring (bicyclic) bond motifs is 15. The molecule has 1 atom stereocenters. The van der Waals surface area contributed by atoms with Crippen molar-refractivity contribution >= 4 is 94.3 Å². The van der Waals surface area contributed by atoms with Crippen LogP contribution in [0.5, 0.6) is 0 Å². The van der Waals surface area contributed by atoms with Crippen LogP contribution < -0.4 is 9.80 Å². The van der Waals surface area contributed by atoms with Crippen LogP contribution in [0.3, 0.4) is 0 Å². The van der Waals surface area contributed by atoms with E-state index < -0.39 is 5.41 Å². The summed E-state index contributed by atoms with van der Waals surface area (Å²) in [5.74, 6) is 0. The van der Waals surface area contributed by atoms with Crippen LogP contribution in [0.2, 0.25) is 0 Å². The van der Waals surface area contributed by atoms with E-state index in [1.54, 1.807) is 0 Å². The summed E-state index contributed by atoms with van der Waals surface area (Å²) in [5, 5.41) is 9.70. The van der Waals surface area contributed by atoms with E-state index in [1.165, 1.54) is 93.2 Å². The quantitative estimate of drug-likeness (QED) is 0.141. The standard InChI is InChI=1S/C72H49N3/c1-2-3-4-20-48-21-15-28-52(45-48)73(66-38-16-25-49-22-5-8-29-55(49)66)53-41-43-58-59-44-42-54(74(67-39-17-26-50-23-6-9-30-56(50)67)68-40-18-27-51-24-7-10-31-57(51)68)47-65(59)72(64(58)46-53)62-34-12-14-37-70(62)75-69-36-13-11-32-60(69)61-33-19-35-63(72)71(61)75/h2-47H,1H3/b3-2-,20-4-. The zero-order valence-electron chi connectivity index (χ0n) is 41.4. The van der Waals surface area contributed by atoms with Crippen LogP contribution >= 0.6 is 0 Å². The summed E-state index contributed by atoms with van der Waals surface area (Å²) in [6.07, 6.45) is 8.46. The first-order valence-corrected chi connectivity index (χ1v) is 26.0. The molecule has 0 saturated carbocycles. The molecule has 75 heavy (non-hydrogen) atoms. The van der Waals surface area contributed by atoms with Gasteiger partial charge in [0.25, 0.3) is 0 Å². The molecular weight excluding hydrogens is 907 g/mol. The highest BCUT2D eigenvalue weighted by Gasteiger charge is 2.51. The fourth-order valence-electron chi connectivity index (χ4n) is 13.0. The molecule has 1 aliphatic carbocycles. The van der Waals surface area contributed by atoms with E-state index in [9.17, 15) is 0 Å². The second-order valence-corrected chi connectivity index (χ2v) is 19.9. The monoisotopic (exact) mass is 955 g/mol. The molecule has 0 saturated heterocycles. The van der Waals surface area contributed by atoms with Gasteiger partial charge in [-0.3, -0.25) is 0 Å². The summed E-state index contributed by atoms with van der Waals surface area (Å²) in [5.41, 5.74) is 18.3. The molecule has 0 radical (unpaired) electrons.